The van der Waals surface area contributed by atoms with Gasteiger partial charge in [0.1, 0.15) is 12.4 Å². The lowest BCUT2D eigenvalue weighted by Gasteiger charge is -2.08. The molecule has 0 aromatic heterocycles. The minimum atomic E-state index is 0.522. The molecule has 0 aliphatic rings. The van der Waals surface area contributed by atoms with Gasteiger partial charge < -0.3 is 4.74 Å². The van der Waals surface area contributed by atoms with E-state index in [4.69, 9.17) is 16.3 Å². The Hall–Kier alpha value is -1.73. The summed E-state index contributed by atoms with van der Waals surface area (Å²) in [5.74, 6) is 0.695. The molecule has 0 fully saturated rings. The van der Waals surface area contributed by atoms with E-state index in [2.05, 4.69) is 6.58 Å². The summed E-state index contributed by atoms with van der Waals surface area (Å²) in [5, 5.41) is 0.610. The average molecular weight is 245 g/mol. The van der Waals surface area contributed by atoms with Gasteiger partial charge in [0, 0.05) is 0 Å². The molecular weight excluding hydrogens is 232 g/mol. The Labute approximate surface area is 106 Å². The van der Waals surface area contributed by atoms with Gasteiger partial charge >= 0.3 is 0 Å². The minimum Gasteiger partial charge on any atom is -0.487 e. The monoisotopic (exact) mass is 244 g/mol. The van der Waals surface area contributed by atoms with Crippen molar-refractivity contribution in [2.24, 2.45) is 0 Å². The van der Waals surface area contributed by atoms with Crippen LogP contribution in [0.3, 0.4) is 0 Å². The first-order valence-electron chi connectivity index (χ1n) is 5.38. The third-order valence-corrected chi connectivity index (χ3v) is 2.72. The molecule has 0 atom stereocenters. The van der Waals surface area contributed by atoms with E-state index < -0.39 is 0 Å². The van der Waals surface area contributed by atoms with Crippen LogP contribution in [-0.2, 0) is 6.61 Å². The molecule has 0 saturated heterocycles. The lowest BCUT2D eigenvalue weighted by molar-refractivity contribution is 0.306. The van der Waals surface area contributed by atoms with Gasteiger partial charge in [-0.2, -0.15) is 0 Å². The molecule has 0 heterocycles. The van der Waals surface area contributed by atoms with Crippen molar-refractivity contribution in [1.82, 2.24) is 0 Å². The zero-order valence-corrected chi connectivity index (χ0v) is 10.2. The fraction of sp³-hybridized carbons (Fsp3) is 0.0667. The van der Waals surface area contributed by atoms with Gasteiger partial charge in [-0.25, -0.2) is 0 Å². The fourth-order valence-electron chi connectivity index (χ4n) is 1.50. The van der Waals surface area contributed by atoms with Gasteiger partial charge in [0.2, 0.25) is 0 Å². The molecule has 2 aromatic carbocycles. The van der Waals surface area contributed by atoms with E-state index in [-0.39, 0.29) is 0 Å². The highest BCUT2D eigenvalue weighted by atomic mass is 35.5. The molecule has 1 nitrogen and oxygen atoms in total. The van der Waals surface area contributed by atoms with Crippen LogP contribution >= 0.6 is 11.6 Å². The van der Waals surface area contributed by atoms with Gasteiger partial charge in [-0.1, -0.05) is 60.7 Å². The van der Waals surface area contributed by atoms with Crippen LogP contribution in [-0.4, -0.2) is 0 Å². The van der Waals surface area contributed by atoms with Gasteiger partial charge in [0.25, 0.3) is 0 Å². The van der Waals surface area contributed by atoms with E-state index in [1.165, 1.54) is 0 Å². The molecule has 0 saturated carbocycles. The van der Waals surface area contributed by atoms with Gasteiger partial charge in [-0.05, 0) is 23.3 Å². The molecule has 0 N–H and O–H groups in total. The van der Waals surface area contributed by atoms with Gasteiger partial charge in [0.15, 0.2) is 0 Å². The first-order valence-corrected chi connectivity index (χ1v) is 5.76. The van der Waals surface area contributed by atoms with Crippen molar-refractivity contribution in [2.75, 3.05) is 0 Å². The van der Waals surface area contributed by atoms with E-state index in [0.29, 0.717) is 17.4 Å². The lowest BCUT2D eigenvalue weighted by Crippen LogP contribution is -1.95. The lowest BCUT2D eigenvalue weighted by atomic mass is 10.2. The highest BCUT2D eigenvalue weighted by Crippen LogP contribution is 2.26. The molecular formula is C15H13ClO. The normalized spacial score (nSPS) is 9.94. The molecule has 0 aliphatic carbocycles. The first kappa shape index (κ1) is 11.7. The Balaban J connectivity index is 2.07. The number of hydrogen-bond donors (Lipinski definition) is 0. The average Bonchev–Trinajstić information content (AvgIpc) is 2.38. The first-order chi connectivity index (χ1) is 8.29. The predicted molar refractivity (Wildman–Crippen MR) is 72.3 cm³/mol. The zero-order valence-electron chi connectivity index (χ0n) is 9.40. The van der Waals surface area contributed by atoms with Crippen molar-refractivity contribution in [3.05, 3.63) is 71.3 Å². The maximum absolute atomic E-state index is 6.10. The van der Waals surface area contributed by atoms with Crippen LogP contribution in [0.4, 0.5) is 0 Å². The number of benzene rings is 2. The molecule has 2 heteroatoms. The molecule has 0 unspecified atom stereocenters. The zero-order chi connectivity index (χ0) is 12.1. The van der Waals surface area contributed by atoms with E-state index in [9.17, 15) is 0 Å². The summed E-state index contributed by atoms with van der Waals surface area (Å²) in [6, 6.07) is 15.6. The van der Waals surface area contributed by atoms with Crippen molar-refractivity contribution in [3.8, 4) is 5.75 Å². The SMILES string of the molecule is C=Cc1ccc(OCc2ccccc2)c(Cl)c1. The van der Waals surface area contributed by atoms with Crippen LogP contribution in [0.5, 0.6) is 5.75 Å². The van der Waals surface area contributed by atoms with E-state index >= 15 is 0 Å². The number of rotatable bonds is 4. The minimum absolute atomic E-state index is 0.522. The second-order valence-electron chi connectivity index (χ2n) is 3.67. The van der Waals surface area contributed by atoms with E-state index in [1.54, 1.807) is 6.08 Å². The number of hydrogen-bond acceptors (Lipinski definition) is 1. The Morgan fingerprint density at radius 1 is 1.12 bits per heavy atom. The smallest absolute Gasteiger partial charge is 0.138 e. The Morgan fingerprint density at radius 3 is 2.53 bits per heavy atom. The largest absolute Gasteiger partial charge is 0.487 e. The van der Waals surface area contributed by atoms with E-state index in [1.807, 2.05) is 48.5 Å². The number of ether oxygens (including phenoxy) is 1. The van der Waals surface area contributed by atoms with Crippen molar-refractivity contribution >= 4 is 17.7 Å². The fourth-order valence-corrected chi connectivity index (χ4v) is 1.74. The quantitative estimate of drug-likeness (QED) is 0.766. The summed E-state index contributed by atoms with van der Waals surface area (Å²) in [6.45, 7) is 4.22. The summed E-state index contributed by atoms with van der Waals surface area (Å²) >= 11 is 6.10. The highest BCUT2D eigenvalue weighted by molar-refractivity contribution is 6.32. The molecule has 0 amide bonds. The van der Waals surface area contributed by atoms with Crippen molar-refractivity contribution in [2.45, 2.75) is 6.61 Å². The van der Waals surface area contributed by atoms with Crippen LogP contribution in [0.1, 0.15) is 11.1 Å². The Morgan fingerprint density at radius 2 is 1.88 bits per heavy atom. The van der Waals surface area contributed by atoms with Crippen LogP contribution < -0.4 is 4.74 Å². The molecule has 0 radical (unpaired) electrons. The van der Waals surface area contributed by atoms with Crippen LogP contribution in [0.25, 0.3) is 6.08 Å². The third-order valence-electron chi connectivity index (χ3n) is 2.43. The summed E-state index contributed by atoms with van der Waals surface area (Å²) < 4.78 is 5.66. The maximum atomic E-state index is 6.10. The summed E-state index contributed by atoms with van der Waals surface area (Å²) in [4.78, 5) is 0. The molecule has 0 bridgehead atoms. The van der Waals surface area contributed by atoms with Crippen molar-refractivity contribution < 1.29 is 4.74 Å². The van der Waals surface area contributed by atoms with Crippen LogP contribution in [0, 0.1) is 0 Å². The van der Waals surface area contributed by atoms with Gasteiger partial charge in [-0.15, -0.1) is 0 Å². The number of halogens is 1. The molecule has 17 heavy (non-hydrogen) atoms. The van der Waals surface area contributed by atoms with Gasteiger partial charge in [-0.3, -0.25) is 0 Å². The second-order valence-corrected chi connectivity index (χ2v) is 4.08. The van der Waals surface area contributed by atoms with Crippen molar-refractivity contribution in [3.63, 3.8) is 0 Å². The molecule has 2 rings (SSSR count). The maximum Gasteiger partial charge on any atom is 0.138 e. The second kappa shape index (κ2) is 5.55. The van der Waals surface area contributed by atoms with Crippen LogP contribution in [0.2, 0.25) is 5.02 Å². The Kier molecular flexibility index (Phi) is 3.84. The summed E-state index contributed by atoms with van der Waals surface area (Å²) in [6.07, 6.45) is 1.76. The molecule has 86 valence electrons. The predicted octanol–water partition coefficient (Wildman–Crippen LogP) is 4.56. The van der Waals surface area contributed by atoms with Crippen LogP contribution in [0.15, 0.2) is 55.1 Å². The molecule has 2 aromatic rings. The molecule has 0 aliphatic heterocycles. The third kappa shape index (κ3) is 3.11. The van der Waals surface area contributed by atoms with E-state index in [0.717, 1.165) is 11.1 Å². The summed E-state index contributed by atoms with van der Waals surface area (Å²) in [7, 11) is 0. The van der Waals surface area contributed by atoms with Crippen molar-refractivity contribution in [1.29, 1.82) is 0 Å². The standard InChI is InChI=1S/C15H13ClO/c1-2-12-8-9-15(14(16)10-12)17-11-13-6-4-3-5-7-13/h2-10H,1,11H2. The highest BCUT2D eigenvalue weighted by Gasteiger charge is 2.02. The van der Waals surface area contributed by atoms with Gasteiger partial charge in [0.05, 0.1) is 5.02 Å². The topological polar surface area (TPSA) is 9.23 Å². The molecule has 0 spiro atoms. The summed E-state index contributed by atoms with van der Waals surface area (Å²) in [5.41, 5.74) is 2.11. The Bertz CT molecular complexity index is 506.